The molecule has 0 unspecified atom stereocenters. The highest BCUT2D eigenvalue weighted by Gasteiger charge is 2.22. The second-order valence-corrected chi connectivity index (χ2v) is 8.00. The minimum absolute atomic E-state index is 0.245. The van der Waals surface area contributed by atoms with Crippen molar-refractivity contribution in [3.05, 3.63) is 58.5 Å². The van der Waals surface area contributed by atoms with E-state index in [2.05, 4.69) is 22.1 Å². The Hall–Kier alpha value is -2.60. The lowest BCUT2D eigenvalue weighted by Crippen LogP contribution is -2.20. The van der Waals surface area contributed by atoms with E-state index in [0.717, 1.165) is 46.1 Å². The molecule has 1 aliphatic carbocycles. The summed E-state index contributed by atoms with van der Waals surface area (Å²) < 4.78 is 27.0. The Balaban J connectivity index is 1.62. The zero-order valence-electron chi connectivity index (χ0n) is 15.4. The maximum Gasteiger partial charge on any atom is 0.190 e. The van der Waals surface area contributed by atoms with Crippen molar-refractivity contribution < 1.29 is 13.9 Å². The number of hydrogen-bond donors (Lipinski definition) is 0. The van der Waals surface area contributed by atoms with E-state index in [4.69, 9.17) is 14.5 Å². The first-order chi connectivity index (χ1) is 13.8. The SMILES string of the molecule is Fc1ccc(N=c2scc(-c3ccc4c(c3)OCCO4)n2C2CCCC2)cc1. The highest BCUT2D eigenvalue weighted by molar-refractivity contribution is 7.07. The zero-order chi connectivity index (χ0) is 18.9. The predicted octanol–water partition coefficient (Wildman–Crippen LogP) is 5.47. The molecule has 28 heavy (non-hydrogen) atoms. The Morgan fingerprint density at radius 2 is 1.71 bits per heavy atom. The molecule has 144 valence electrons. The van der Waals surface area contributed by atoms with Crippen molar-refractivity contribution >= 4 is 17.0 Å². The topological polar surface area (TPSA) is 35.8 Å². The van der Waals surface area contributed by atoms with Crippen LogP contribution in [0.3, 0.4) is 0 Å². The molecule has 2 heterocycles. The Morgan fingerprint density at radius 1 is 0.964 bits per heavy atom. The van der Waals surface area contributed by atoms with E-state index >= 15 is 0 Å². The van der Waals surface area contributed by atoms with Crippen LogP contribution in [0.1, 0.15) is 31.7 Å². The molecule has 0 amide bonds. The molecule has 4 nitrogen and oxygen atoms in total. The average molecular weight is 396 g/mol. The number of thiazole rings is 1. The summed E-state index contributed by atoms with van der Waals surface area (Å²) >= 11 is 1.62. The van der Waals surface area contributed by atoms with E-state index < -0.39 is 0 Å². The van der Waals surface area contributed by atoms with E-state index in [1.54, 1.807) is 23.5 Å². The summed E-state index contributed by atoms with van der Waals surface area (Å²) in [5, 5.41) is 2.16. The molecule has 1 fully saturated rings. The number of halogens is 1. The number of ether oxygens (including phenoxy) is 2. The van der Waals surface area contributed by atoms with Gasteiger partial charge in [0.1, 0.15) is 19.0 Å². The fraction of sp³-hybridized carbons (Fsp3) is 0.318. The quantitative estimate of drug-likeness (QED) is 0.588. The molecule has 0 saturated heterocycles. The maximum atomic E-state index is 13.2. The minimum Gasteiger partial charge on any atom is -0.486 e. The van der Waals surface area contributed by atoms with Gasteiger partial charge in [-0.2, -0.15) is 0 Å². The van der Waals surface area contributed by atoms with Crippen LogP contribution in [0.5, 0.6) is 11.5 Å². The summed E-state index contributed by atoms with van der Waals surface area (Å²) in [6, 6.07) is 12.9. The van der Waals surface area contributed by atoms with Crippen molar-refractivity contribution in [2.24, 2.45) is 4.99 Å². The Kier molecular flexibility index (Phi) is 4.64. The first kappa shape index (κ1) is 17.5. The Labute approximate surface area is 166 Å². The van der Waals surface area contributed by atoms with Gasteiger partial charge in [-0.3, -0.25) is 0 Å². The second-order valence-electron chi connectivity index (χ2n) is 7.16. The van der Waals surface area contributed by atoms with Gasteiger partial charge in [-0.1, -0.05) is 12.8 Å². The van der Waals surface area contributed by atoms with Crippen LogP contribution in [-0.4, -0.2) is 17.8 Å². The normalized spacial score (nSPS) is 17.2. The number of nitrogens with zero attached hydrogens (tertiary/aromatic N) is 2. The molecular formula is C22H21FN2O2S. The van der Waals surface area contributed by atoms with Gasteiger partial charge in [-0.05, 0) is 55.3 Å². The van der Waals surface area contributed by atoms with Crippen LogP contribution < -0.4 is 14.3 Å². The number of hydrogen-bond acceptors (Lipinski definition) is 4. The zero-order valence-corrected chi connectivity index (χ0v) is 16.3. The standard InChI is InChI=1S/C22H21FN2O2S/c23-16-6-8-17(9-7-16)24-22-25(18-3-1-2-4-18)19(14-28-22)15-5-10-20-21(13-15)27-12-11-26-20/h5-10,13-14,18H,1-4,11-12H2. The third-order valence-corrected chi connectivity index (χ3v) is 6.16. The Morgan fingerprint density at radius 3 is 2.50 bits per heavy atom. The third-order valence-electron chi connectivity index (χ3n) is 5.32. The summed E-state index contributed by atoms with van der Waals surface area (Å²) in [6.45, 7) is 1.17. The summed E-state index contributed by atoms with van der Waals surface area (Å²) in [4.78, 5) is 5.77. The van der Waals surface area contributed by atoms with Crippen LogP contribution in [0, 0.1) is 5.82 Å². The molecule has 0 N–H and O–H groups in total. The molecule has 0 spiro atoms. The van der Waals surface area contributed by atoms with Gasteiger partial charge < -0.3 is 14.0 Å². The molecule has 3 aromatic rings. The smallest absolute Gasteiger partial charge is 0.190 e. The van der Waals surface area contributed by atoms with Crippen LogP contribution >= 0.6 is 11.3 Å². The minimum atomic E-state index is -0.245. The lowest BCUT2D eigenvalue weighted by molar-refractivity contribution is 0.171. The van der Waals surface area contributed by atoms with Gasteiger partial charge in [-0.15, -0.1) is 11.3 Å². The van der Waals surface area contributed by atoms with Gasteiger partial charge in [0.25, 0.3) is 0 Å². The first-order valence-corrected chi connectivity index (χ1v) is 10.6. The summed E-state index contributed by atoms with van der Waals surface area (Å²) in [6.07, 6.45) is 4.80. The molecule has 1 saturated carbocycles. The van der Waals surface area contributed by atoms with Crippen LogP contribution in [0.4, 0.5) is 10.1 Å². The summed E-state index contributed by atoms with van der Waals surface area (Å²) in [7, 11) is 0. The number of aromatic nitrogens is 1. The predicted molar refractivity (Wildman–Crippen MR) is 108 cm³/mol. The lowest BCUT2D eigenvalue weighted by atomic mass is 10.1. The van der Waals surface area contributed by atoms with Gasteiger partial charge in [0, 0.05) is 17.0 Å². The maximum absolute atomic E-state index is 13.2. The molecule has 6 heteroatoms. The van der Waals surface area contributed by atoms with Gasteiger partial charge in [0.05, 0.1) is 11.4 Å². The largest absolute Gasteiger partial charge is 0.486 e. The lowest BCUT2D eigenvalue weighted by Gasteiger charge is -2.20. The summed E-state index contributed by atoms with van der Waals surface area (Å²) in [5.41, 5.74) is 3.02. The van der Waals surface area contributed by atoms with Crippen LogP contribution in [0.25, 0.3) is 11.3 Å². The van der Waals surface area contributed by atoms with Gasteiger partial charge >= 0.3 is 0 Å². The van der Waals surface area contributed by atoms with Crippen molar-refractivity contribution in [3.8, 4) is 22.8 Å². The monoisotopic (exact) mass is 396 g/mol. The van der Waals surface area contributed by atoms with Crippen LogP contribution in [0.2, 0.25) is 0 Å². The molecule has 0 radical (unpaired) electrons. The molecule has 5 rings (SSSR count). The molecule has 1 aliphatic heterocycles. The highest BCUT2D eigenvalue weighted by atomic mass is 32.1. The van der Waals surface area contributed by atoms with Crippen LogP contribution in [-0.2, 0) is 0 Å². The van der Waals surface area contributed by atoms with Gasteiger partial charge in [-0.25, -0.2) is 9.38 Å². The fourth-order valence-corrected chi connectivity index (χ4v) is 4.94. The van der Waals surface area contributed by atoms with Crippen molar-refractivity contribution in [1.82, 2.24) is 4.57 Å². The van der Waals surface area contributed by atoms with Crippen molar-refractivity contribution in [1.29, 1.82) is 0 Å². The first-order valence-electron chi connectivity index (χ1n) is 9.68. The number of rotatable bonds is 3. The summed E-state index contributed by atoms with van der Waals surface area (Å²) in [5.74, 6) is 1.35. The molecule has 0 atom stereocenters. The molecular weight excluding hydrogens is 375 g/mol. The molecule has 2 aliphatic rings. The third kappa shape index (κ3) is 3.33. The van der Waals surface area contributed by atoms with E-state index in [1.165, 1.54) is 25.0 Å². The van der Waals surface area contributed by atoms with E-state index in [1.807, 2.05) is 6.07 Å². The van der Waals surface area contributed by atoms with Crippen molar-refractivity contribution in [2.75, 3.05) is 13.2 Å². The number of benzene rings is 2. The average Bonchev–Trinajstić information content (AvgIpc) is 3.39. The molecule has 1 aromatic heterocycles. The highest BCUT2D eigenvalue weighted by Crippen LogP contribution is 2.37. The van der Waals surface area contributed by atoms with E-state index in [9.17, 15) is 4.39 Å². The molecule has 0 bridgehead atoms. The fourth-order valence-electron chi connectivity index (χ4n) is 3.96. The van der Waals surface area contributed by atoms with Crippen LogP contribution in [0.15, 0.2) is 52.8 Å². The number of fused-ring (bicyclic) bond motifs is 1. The molecule has 2 aromatic carbocycles. The van der Waals surface area contributed by atoms with E-state index in [-0.39, 0.29) is 5.82 Å². The Bertz CT molecular complexity index is 1050. The van der Waals surface area contributed by atoms with Crippen molar-refractivity contribution in [3.63, 3.8) is 0 Å². The van der Waals surface area contributed by atoms with Crippen molar-refractivity contribution in [2.45, 2.75) is 31.7 Å². The second kappa shape index (κ2) is 7.43. The van der Waals surface area contributed by atoms with Gasteiger partial charge in [0.15, 0.2) is 16.3 Å². The van der Waals surface area contributed by atoms with E-state index in [0.29, 0.717) is 19.3 Å². The van der Waals surface area contributed by atoms with Gasteiger partial charge in [0.2, 0.25) is 0 Å².